The van der Waals surface area contributed by atoms with Gasteiger partial charge in [0.15, 0.2) is 18.1 Å². The number of nitrogens with zero attached hydrogens (tertiary/aromatic N) is 1. The molecular weight excluding hydrogens is 254 g/mol. The summed E-state index contributed by atoms with van der Waals surface area (Å²) in [6, 6.07) is 4.17. The maximum atomic E-state index is 11.3. The number of ether oxygens (including phenoxy) is 3. The van der Waals surface area contributed by atoms with Crippen LogP contribution in [0.2, 0.25) is 0 Å². The van der Waals surface area contributed by atoms with Crippen LogP contribution in [0.5, 0.6) is 17.2 Å². The molecule has 1 N–H and O–H groups in total. The van der Waals surface area contributed by atoms with Crippen molar-refractivity contribution in [1.29, 1.82) is 0 Å². The van der Waals surface area contributed by atoms with Gasteiger partial charge in [0, 0.05) is 6.07 Å². The normalized spacial score (nSPS) is 9.95. The zero-order chi connectivity index (χ0) is 13.7. The van der Waals surface area contributed by atoms with Crippen LogP contribution in [0.1, 0.15) is 5.89 Å². The lowest BCUT2D eigenvalue weighted by atomic mass is 10.3. The Kier molecular flexibility index (Phi) is 3.87. The molecule has 0 unspecified atom stereocenters. The van der Waals surface area contributed by atoms with Crippen molar-refractivity contribution >= 4 is 6.16 Å². The van der Waals surface area contributed by atoms with Gasteiger partial charge in [0.2, 0.25) is 5.89 Å². The Balaban J connectivity index is 1.90. The molecule has 0 fully saturated rings. The van der Waals surface area contributed by atoms with E-state index in [0.29, 0.717) is 0 Å². The summed E-state index contributed by atoms with van der Waals surface area (Å²) in [7, 11) is 1.42. The van der Waals surface area contributed by atoms with Crippen LogP contribution >= 0.6 is 0 Å². The minimum atomic E-state index is -0.928. The minimum absolute atomic E-state index is 0.131. The highest BCUT2D eigenvalue weighted by atomic mass is 16.7. The summed E-state index contributed by atoms with van der Waals surface area (Å²) in [5.74, 6) is 0.534. The third kappa shape index (κ3) is 3.38. The second-order valence-corrected chi connectivity index (χ2v) is 3.40. The van der Waals surface area contributed by atoms with Gasteiger partial charge in [0.1, 0.15) is 12.0 Å². The summed E-state index contributed by atoms with van der Waals surface area (Å²) in [6.45, 7) is -0.131. The fraction of sp³-hybridized carbons (Fsp3) is 0.167. The van der Waals surface area contributed by atoms with E-state index in [1.807, 2.05) is 0 Å². The number of carbonyl (C=O) groups is 1. The number of oxazole rings is 1. The molecule has 100 valence electrons. The Morgan fingerprint density at radius 3 is 2.95 bits per heavy atom. The molecule has 1 aromatic heterocycles. The number of hydrogen-bond acceptors (Lipinski definition) is 7. The van der Waals surface area contributed by atoms with Crippen molar-refractivity contribution < 1.29 is 28.5 Å². The smallest absolute Gasteiger partial charge is 0.504 e. The van der Waals surface area contributed by atoms with Crippen LogP contribution in [0.15, 0.2) is 35.1 Å². The minimum Gasteiger partial charge on any atom is -0.504 e. The first kappa shape index (κ1) is 12.7. The standard InChI is InChI=1S/C12H11NO6/c1-16-10-3-2-8(6-9(10)14)19-12(15)18-7-11-13-4-5-17-11/h2-6,14H,7H2,1H3. The SMILES string of the molecule is COc1ccc(OC(=O)OCc2ncco2)cc1O. The number of rotatable bonds is 4. The molecule has 19 heavy (non-hydrogen) atoms. The van der Waals surface area contributed by atoms with Crippen molar-refractivity contribution in [3.8, 4) is 17.2 Å². The van der Waals surface area contributed by atoms with Crippen molar-refractivity contribution in [2.24, 2.45) is 0 Å². The summed E-state index contributed by atoms with van der Waals surface area (Å²) in [4.78, 5) is 15.1. The molecule has 0 aliphatic carbocycles. The van der Waals surface area contributed by atoms with Gasteiger partial charge in [0.05, 0.1) is 13.3 Å². The van der Waals surface area contributed by atoms with Gasteiger partial charge in [0.25, 0.3) is 0 Å². The van der Waals surface area contributed by atoms with Crippen LogP contribution in [0.25, 0.3) is 0 Å². The number of aromatic nitrogens is 1. The Morgan fingerprint density at radius 2 is 2.32 bits per heavy atom. The quantitative estimate of drug-likeness (QED) is 0.668. The van der Waals surface area contributed by atoms with Gasteiger partial charge < -0.3 is 23.7 Å². The maximum Gasteiger partial charge on any atom is 0.514 e. The number of carbonyl (C=O) groups excluding carboxylic acids is 1. The Bertz CT molecular complexity index is 551. The van der Waals surface area contributed by atoms with Gasteiger partial charge in [-0.2, -0.15) is 0 Å². The summed E-state index contributed by atoms with van der Waals surface area (Å²) < 4.78 is 19.3. The number of phenolic OH excluding ortho intramolecular Hbond substituents is 1. The molecule has 0 saturated heterocycles. The molecule has 0 bridgehead atoms. The van der Waals surface area contributed by atoms with E-state index in [4.69, 9.17) is 18.6 Å². The van der Waals surface area contributed by atoms with E-state index in [0.717, 1.165) is 0 Å². The largest absolute Gasteiger partial charge is 0.514 e. The molecule has 2 rings (SSSR count). The molecule has 1 heterocycles. The van der Waals surface area contributed by atoms with E-state index in [-0.39, 0.29) is 29.7 Å². The summed E-state index contributed by atoms with van der Waals surface area (Å²) >= 11 is 0. The second kappa shape index (κ2) is 5.76. The first-order chi connectivity index (χ1) is 9.19. The first-order valence-corrected chi connectivity index (χ1v) is 5.29. The van der Waals surface area contributed by atoms with Crippen molar-refractivity contribution in [2.75, 3.05) is 7.11 Å². The van der Waals surface area contributed by atoms with Crippen molar-refractivity contribution in [1.82, 2.24) is 4.98 Å². The van der Waals surface area contributed by atoms with Gasteiger partial charge in [-0.15, -0.1) is 0 Å². The van der Waals surface area contributed by atoms with Crippen molar-refractivity contribution in [3.05, 3.63) is 36.5 Å². The zero-order valence-electron chi connectivity index (χ0n) is 10.0. The van der Waals surface area contributed by atoms with E-state index in [9.17, 15) is 9.90 Å². The average molecular weight is 265 g/mol. The van der Waals surface area contributed by atoms with Crippen molar-refractivity contribution in [3.63, 3.8) is 0 Å². The van der Waals surface area contributed by atoms with E-state index in [1.54, 1.807) is 0 Å². The Labute approximate surface area is 108 Å². The third-order valence-electron chi connectivity index (χ3n) is 2.15. The Hall–Kier alpha value is -2.70. The number of benzene rings is 1. The molecule has 7 nitrogen and oxygen atoms in total. The zero-order valence-corrected chi connectivity index (χ0v) is 10.0. The molecule has 1 aromatic carbocycles. The molecule has 0 saturated carbocycles. The molecule has 2 aromatic rings. The lowest BCUT2D eigenvalue weighted by molar-refractivity contribution is 0.0846. The van der Waals surface area contributed by atoms with E-state index in [1.165, 1.54) is 37.8 Å². The van der Waals surface area contributed by atoms with Crippen LogP contribution in [-0.2, 0) is 11.3 Å². The number of methoxy groups -OCH3 is 1. The van der Waals surface area contributed by atoms with Gasteiger partial charge >= 0.3 is 6.16 Å². The summed E-state index contributed by atoms with van der Waals surface area (Å²) in [5, 5.41) is 9.50. The highest BCUT2D eigenvalue weighted by Crippen LogP contribution is 2.29. The predicted molar refractivity (Wildman–Crippen MR) is 62.0 cm³/mol. The average Bonchev–Trinajstić information content (AvgIpc) is 2.90. The molecule has 0 aliphatic rings. The third-order valence-corrected chi connectivity index (χ3v) is 2.15. The van der Waals surface area contributed by atoms with Crippen LogP contribution in [0, 0.1) is 0 Å². The predicted octanol–water partition coefficient (Wildman–Crippen LogP) is 2.10. The molecule has 0 amide bonds. The fourth-order valence-corrected chi connectivity index (χ4v) is 1.30. The first-order valence-electron chi connectivity index (χ1n) is 5.29. The topological polar surface area (TPSA) is 91.0 Å². The van der Waals surface area contributed by atoms with Crippen molar-refractivity contribution in [2.45, 2.75) is 6.61 Å². The van der Waals surface area contributed by atoms with Gasteiger partial charge in [-0.3, -0.25) is 0 Å². The molecule has 0 atom stereocenters. The van der Waals surface area contributed by atoms with Crippen LogP contribution in [0.3, 0.4) is 0 Å². The van der Waals surface area contributed by atoms with Crippen LogP contribution in [0.4, 0.5) is 4.79 Å². The number of aromatic hydroxyl groups is 1. The van der Waals surface area contributed by atoms with E-state index in [2.05, 4.69) is 4.98 Å². The summed E-state index contributed by atoms with van der Waals surface area (Å²) in [6.07, 6.45) is 1.87. The van der Waals surface area contributed by atoms with Gasteiger partial charge in [-0.25, -0.2) is 9.78 Å². The molecule has 0 radical (unpaired) electrons. The molecular formula is C12H11NO6. The van der Waals surface area contributed by atoms with Gasteiger partial charge in [-0.1, -0.05) is 0 Å². The molecule has 7 heteroatoms. The fourth-order valence-electron chi connectivity index (χ4n) is 1.30. The second-order valence-electron chi connectivity index (χ2n) is 3.40. The lowest BCUT2D eigenvalue weighted by Crippen LogP contribution is -2.10. The monoisotopic (exact) mass is 265 g/mol. The van der Waals surface area contributed by atoms with E-state index >= 15 is 0 Å². The maximum absolute atomic E-state index is 11.3. The molecule has 0 aliphatic heterocycles. The van der Waals surface area contributed by atoms with E-state index < -0.39 is 6.16 Å². The lowest BCUT2D eigenvalue weighted by Gasteiger charge is -2.07. The Morgan fingerprint density at radius 1 is 1.47 bits per heavy atom. The molecule has 0 spiro atoms. The number of phenols is 1. The van der Waals surface area contributed by atoms with Crippen LogP contribution < -0.4 is 9.47 Å². The van der Waals surface area contributed by atoms with Gasteiger partial charge in [-0.05, 0) is 12.1 Å². The van der Waals surface area contributed by atoms with Crippen LogP contribution in [-0.4, -0.2) is 23.4 Å². The number of hydrogen-bond donors (Lipinski definition) is 1. The highest BCUT2D eigenvalue weighted by Gasteiger charge is 2.10. The highest BCUT2D eigenvalue weighted by molar-refractivity contribution is 5.64. The summed E-state index contributed by atoms with van der Waals surface area (Å²) in [5.41, 5.74) is 0.